The Kier molecular flexibility index (Phi) is 4.30. The third-order valence-corrected chi connectivity index (χ3v) is 6.46. The maximum Gasteiger partial charge on any atom is 0.105 e. The van der Waals surface area contributed by atoms with E-state index in [0.717, 1.165) is 10.4 Å². The highest BCUT2D eigenvalue weighted by atomic mass is 32.9. The molecule has 1 fully saturated rings. The number of hydrogen-bond donors (Lipinski definition) is 0. The van der Waals surface area contributed by atoms with Gasteiger partial charge in [-0.2, -0.15) is 0 Å². The van der Waals surface area contributed by atoms with Crippen molar-refractivity contribution in [2.75, 3.05) is 19.6 Å². The lowest BCUT2D eigenvalue weighted by Crippen LogP contribution is -2.30. The van der Waals surface area contributed by atoms with E-state index in [1.54, 1.807) is 20.7 Å². The van der Waals surface area contributed by atoms with E-state index < -0.39 is 0 Å². The Hall–Kier alpha value is -0.0300. The standard InChI is InChI=1S/C12H17NS3/c1-9(8-13-6-4-3-5-7-13)11-10(2)12(14)16-15-11/h1,3-8H2,2H3. The first-order chi connectivity index (χ1) is 7.68. The summed E-state index contributed by atoms with van der Waals surface area (Å²) in [4.78, 5) is 3.83. The van der Waals surface area contributed by atoms with Gasteiger partial charge in [-0.15, -0.1) is 0 Å². The molecule has 0 aliphatic carbocycles. The Bertz CT molecular complexity index is 424. The summed E-state index contributed by atoms with van der Waals surface area (Å²) in [5, 5.41) is 0. The minimum absolute atomic E-state index is 1.02. The summed E-state index contributed by atoms with van der Waals surface area (Å²) >= 11 is 5.27. The van der Waals surface area contributed by atoms with E-state index in [0.29, 0.717) is 0 Å². The van der Waals surface area contributed by atoms with E-state index in [2.05, 4.69) is 18.4 Å². The Balaban J connectivity index is 2.02. The first kappa shape index (κ1) is 12.4. The highest BCUT2D eigenvalue weighted by Gasteiger charge is 2.14. The van der Waals surface area contributed by atoms with Gasteiger partial charge in [0.1, 0.15) is 3.82 Å². The third kappa shape index (κ3) is 2.80. The van der Waals surface area contributed by atoms with Gasteiger partial charge in [-0.25, -0.2) is 0 Å². The van der Waals surface area contributed by atoms with Crippen LogP contribution in [-0.2, 0) is 0 Å². The molecule has 0 aromatic carbocycles. The zero-order valence-corrected chi connectivity index (χ0v) is 12.1. The van der Waals surface area contributed by atoms with Gasteiger partial charge in [0.15, 0.2) is 0 Å². The van der Waals surface area contributed by atoms with Crippen molar-refractivity contribution in [3.05, 3.63) is 20.8 Å². The molecule has 1 saturated heterocycles. The van der Waals surface area contributed by atoms with Crippen molar-refractivity contribution in [2.45, 2.75) is 26.2 Å². The average molecular weight is 271 g/mol. The van der Waals surface area contributed by atoms with Crippen LogP contribution in [0.2, 0.25) is 0 Å². The third-order valence-electron chi connectivity index (χ3n) is 3.03. The highest BCUT2D eigenvalue weighted by molar-refractivity contribution is 7.79. The van der Waals surface area contributed by atoms with Crippen molar-refractivity contribution >= 4 is 38.5 Å². The summed E-state index contributed by atoms with van der Waals surface area (Å²) in [5.74, 6) is 0. The smallest absolute Gasteiger partial charge is 0.105 e. The fraction of sp³-hybridized carbons (Fsp3) is 0.583. The molecule has 0 saturated carbocycles. The Morgan fingerprint density at radius 3 is 2.56 bits per heavy atom. The van der Waals surface area contributed by atoms with Crippen molar-refractivity contribution in [3.8, 4) is 0 Å². The molecule has 0 spiro atoms. The van der Waals surface area contributed by atoms with Crippen LogP contribution in [0.25, 0.3) is 5.57 Å². The van der Waals surface area contributed by atoms with Crippen LogP contribution >= 0.6 is 32.9 Å². The maximum absolute atomic E-state index is 5.27. The van der Waals surface area contributed by atoms with Crippen LogP contribution < -0.4 is 0 Å². The molecule has 0 atom stereocenters. The fourth-order valence-corrected chi connectivity index (χ4v) is 4.99. The zero-order valence-electron chi connectivity index (χ0n) is 9.62. The molecule has 0 unspecified atom stereocenters. The number of likely N-dealkylation sites (tertiary alicyclic amines) is 1. The largest absolute Gasteiger partial charge is 0.299 e. The van der Waals surface area contributed by atoms with Crippen molar-refractivity contribution in [1.82, 2.24) is 4.90 Å². The molecule has 16 heavy (non-hydrogen) atoms. The van der Waals surface area contributed by atoms with Gasteiger partial charge in [-0.1, -0.05) is 45.9 Å². The van der Waals surface area contributed by atoms with Crippen LogP contribution in [0.4, 0.5) is 0 Å². The molecule has 1 aromatic rings. The van der Waals surface area contributed by atoms with E-state index in [1.165, 1.54) is 48.4 Å². The molecule has 2 heterocycles. The molecule has 1 aliphatic rings. The van der Waals surface area contributed by atoms with E-state index in [-0.39, 0.29) is 0 Å². The SMILES string of the molecule is C=C(CN1CCCCC1)c1ssc(=S)c1C. The van der Waals surface area contributed by atoms with Gasteiger partial charge in [0.2, 0.25) is 0 Å². The minimum Gasteiger partial charge on any atom is -0.299 e. The number of nitrogens with zero attached hydrogens (tertiary/aromatic N) is 1. The lowest BCUT2D eigenvalue weighted by Gasteiger charge is -2.26. The molecule has 0 radical (unpaired) electrons. The summed E-state index contributed by atoms with van der Waals surface area (Å²) in [5.41, 5.74) is 2.50. The second-order valence-electron chi connectivity index (χ2n) is 4.35. The molecule has 0 bridgehead atoms. The van der Waals surface area contributed by atoms with E-state index in [9.17, 15) is 0 Å². The van der Waals surface area contributed by atoms with E-state index in [1.807, 2.05) is 0 Å². The monoisotopic (exact) mass is 271 g/mol. The molecular weight excluding hydrogens is 254 g/mol. The highest BCUT2D eigenvalue weighted by Crippen LogP contribution is 2.30. The summed E-state index contributed by atoms with van der Waals surface area (Å²) in [7, 11) is 3.48. The molecule has 0 N–H and O–H groups in total. The Labute approximate surface area is 110 Å². The summed E-state index contributed by atoms with van der Waals surface area (Å²) in [6.45, 7) is 9.82. The van der Waals surface area contributed by atoms with Crippen molar-refractivity contribution < 1.29 is 0 Å². The van der Waals surface area contributed by atoms with Crippen LogP contribution in [0.15, 0.2) is 6.58 Å². The van der Waals surface area contributed by atoms with Crippen LogP contribution in [0.1, 0.15) is 29.7 Å². The average Bonchev–Trinajstić information content (AvgIpc) is 2.61. The summed E-state index contributed by atoms with van der Waals surface area (Å²) in [6.07, 6.45) is 4.07. The zero-order chi connectivity index (χ0) is 11.5. The summed E-state index contributed by atoms with van der Waals surface area (Å²) < 4.78 is 1.03. The summed E-state index contributed by atoms with van der Waals surface area (Å²) in [6, 6.07) is 0. The Morgan fingerprint density at radius 2 is 2.00 bits per heavy atom. The molecular formula is C12H17NS3. The molecule has 0 amide bonds. The molecule has 1 nitrogen and oxygen atoms in total. The molecule has 2 rings (SSSR count). The number of hydrogen-bond acceptors (Lipinski definition) is 4. The minimum atomic E-state index is 1.02. The van der Waals surface area contributed by atoms with Crippen molar-refractivity contribution in [1.29, 1.82) is 0 Å². The van der Waals surface area contributed by atoms with Crippen LogP contribution in [0.5, 0.6) is 0 Å². The predicted molar refractivity (Wildman–Crippen MR) is 77.1 cm³/mol. The second-order valence-corrected chi connectivity index (χ2v) is 7.17. The topological polar surface area (TPSA) is 3.24 Å². The van der Waals surface area contributed by atoms with Gasteiger partial charge in [0, 0.05) is 11.4 Å². The second kappa shape index (κ2) is 5.54. The Morgan fingerprint density at radius 1 is 1.31 bits per heavy atom. The quantitative estimate of drug-likeness (QED) is 0.594. The first-order valence-electron chi connectivity index (χ1n) is 5.68. The van der Waals surface area contributed by atoms with Gasteiger partial charge >= 0.3 is 0 Å². The van der Waals surface area contributed by atoms with Crippen LogP contribution in [0, 0.1) is 10.7 Å². The van der Waals surface area contributed by atoms with Gasteiger partial charge in [0.05, 0.1) is 0 Å². The fourth-order valence-electron chi connectivity index (χ4n) is 2.08. The predicted octanol–water partition coefficient (Wildman–Crippen LogP) is 4.35. The maximum atomic E-state index is 5.27. The van der Waals surface area contributed by atoms with Crippen molar-refractivity contribution in [2.24, 2.45) is 0 Å². The lowest BCUT2D eigenvalue weighted by atomic mass is 10.1. The van der Waals surface area contributed by atoms with Gasteiger partial charge < -0.3 is 0 Å². The van der Waals surface area contributed by atoms with E-state index in [4.69, 9.17) is 12.2 Å². The molecule has 1 aromatic heterocycles. The van der Waals surface area contributed by atoms with Crippen LogP contribution in [0.3, 0.4) is 0 Å². The number of piperidine rings is 1. The van der Waals surface area contributed by atoms with Gasteiger partial charge in [-0.3, -0.25) is 4.90 Å². The molecule has 1 aliphatic heterocycles. The normalized spacial score (nSPS) is 17.6. The first-order valence-corrected chi connectivity index (χ1v) is 8.24. The van der Waals surface area contributed by atoms with Gasteiger partial charge in [0.25, 0.3) is 0 Å². The van der Waals surface area contributed by atoms with E-state index >= 15 is 0 Å². The van der Waals surface area contributed by atoms with Gasteiger partial charge in [-0.05, 0) is 44.0 Å². The number of rotatable bonds is 3. The molecule has 4 heteroatoms. The van der Waals surface area contributed by atoms with Crippen molar-refractivity contribution in [3.63, 3.8) is 0 Å². The van der Waals surface area contributed by atoms with Crippen LogP contribution in [-0.4, -0.2) is 24.5 Å². The molecule has 88 valence electrons. The lowest BCUT2D eigenvalue weighted by molar-refractivity contribution is 0.255.